The third kappa shape index (κ3) is 9.43. The van der Waals surface area contributed by atoms with Gasteiger partial charge in [0, 0.05) is 32.2 Å². The number of carbonyl (C=O) groups excluding carboxylic acids is 3. The first-order valence-corrected chi connectivity index (χ1v) is 18.4. The lowest BCUT2D eigenvalue weighted by atomic mass is 9.43. The Morgan fingerprint density at radius 3 is 2.32 bits per heavy atom. The van der Waals surface area contributed by atoms with Gasteiger partial charge in [0.25, 0.3) is 0 Å². The van der Waals surface area contributed by atoms with Crippen LogP contribution in [-0.2, 0) is 33.4 Å². The second kappa shape index (κ2) is 17.2. The summed E-state index contributed by atoms with van der Waals surface area (Å²) in [6.45, 7) is 10.4. The highest BCUT2D eigenvalue weighted by atomic mass is 16.5. The van der Waals surface area contributed by atoms with E-state index in [0.29, 0.717) is 68.3 Å². The van der Waals surface area contributed by atoms with E-state index in [1.807, 2.05) is 0 Å². The smallest absolute Gasteiger partial charge is 0.303 e. The summed E-state index contributed by atoms with van der Waals surface area (Å²) >= 11 is 0. The number of hydrogen-bond acceptors (Lipinski definition) is 8. The summed E-state index contributed by atoms with van der Waals surface area (Å²) in [5.74, 6) is 1.61. The molecule has 0 spiro atoms. The lowest BCUT2D eigenvalue weighted by molar-refractivity contribution is -0.179. The maximum atomic E-state index is 12.6. The van der Waals surface area contributed by atoms with Gasteiger partial charge in [-0.25, -0.2) is 0 Å². The number of aliphatic carboxylic acids is 1. The number of aliphatic hydroxyl groups is 1. The topological polar surface area (TPSA) is 148 Å². The average molecular weight is 664 g/mol. The van der Waals surface area contributed by atoms with Gasteiger partial charge in [-0.3, -0.25) is 19.2 Å². The summed E-state index contributed by atoms with van der Waals surface area (Å²) in [6.07, 6.45) is 9.49. The van der Waals surface area contributed by atoms with E-state index < -0.39 is 5.97 Å². The Morgan fingerprint density at radius 2 is 1.57 bits per heavy atom. The fourth-order valence-corrected chi connectivity index (χ4v) is 10.3. The Morgan fingerprint density at radius 1 is 0.851 bits per heavy atom. The Hall–Kier alpha value is -1.88. The van der Waals surface area contributed by atoms with Gasteiger partial charge < -0.3 is 29.7 Å². The van der Waals surface area contributed by atoms with Crippen LogP contribution in [0.15, 0.2) is 0 Å². The van der Waals surface area contributed by atoms with Crippen LogP contribution in [0, 0.1) is 46.3 Å². The van der Waals surface area contributed by atoms with E-state index in [1.165, 1.54) is 0 Å². The molecule has 4 fully saturated rings. The van der Waals surface area contributed by atoms with Crippen LogP contribution in [-0.4, -0.2) is 85.4 Å². The quantitative estimate of drug-likeness (QED) is 0.163. The van der Waals surface area contributed by atoms with Gasteiger partial charge in [-0.1, -0.05) is 27.7 Å². The molecule has 0 aromatic rings. The molecule has 268 valence electrons. The molecule has 1 unspecified atom stereocenters. The number of fused-ring (bicyclic) bond motifs is 5. The summed E-state index contributed by atoms with van der Waals surface area (Å²) in [5.41, 5.74) is 0.326. The zero-order chi connectivity index (χ0) is 34.2. The molecule has 0 saturated heterocycles. The van der Waals surface area contributed by atoms with Crippen molar-refractivity contribution in [2.24, 2.45) is 46.3 Å². The fraction of sp³-hybridized carbons (Fsp3) is 0.892. The largest absolute Gasteiger partial charge is 0.481 e. The van der Waals surface area contributed by atoms with Crippen LogP contribution in [0.2, 0.25) is 0 Å². The zero-order valence-electron chi connectivity index (χ0n) is 29.3. The monoisotopic (exact) mass is 663 g/mol. The van der Waals surface area contributed by atoms with Crippen LogP contribution >= 0.6 is 0 Å². The summed E-state index contributed by atoms with van der Waals surface area (Å²) in [7, 11) is 0. The van der Waals surface area contributed by atoms with Crippen molar-refractivity contribution < 1.29 is 43.6 Å². The van der Waals surface area contributed by atoms with Gasteiger partial charge in [-0.2, -0.15) is 0 Å². The molecule has 10 atom stereocenters. The number of carboxylic acids is 1. The number of aliphatic hydroxyl groups excluding tert-OH is 1. The van der Waals surface area contributed by atoms with E-state index in [2.05, 4.69) is 26.1 Å². The lowest BCUT2D eigenvalue weighted by Crippen LogP contribution is -2.58. The van der Waals surface area contributed by atoms with Crippen molar-refractivity contribution in [2.45, 2.75) is 123 Å². The highest BCUT2D eigenvalue weighted by Crippen LogP contribution is 2.68. The van der Waals surface area contributed by atoms with Gasteiger partial charge in [0.2, 0.25) is 5.91 Å². The maximum Gasteiger partial charge on any atom is 0.303 e. The molecule has 0 heterocycles. The van der Waals surface area contributed by atoms with Gasteiger partial charge in [0.15, 0.2) is 11.6 Å². The first-order chi connectivity index (χ1) is 22.4. The van der Waals surface area contributed by atoms with Gasteiger partial charge in [0.1, 0.15) is 13.2 Å². The van der Waals surface area contributed by atoms with Gasteiger partial charge >= 0.3 is 5.97 Å². The molecule has 4 saturated carbocycles. The van der Waals surface area contributed by atoms with E-state index in [9.17, 15) is 29.4 Å². The van der Waals surface area contributed by atoms with E-state index in [0.717, 1.165) is 57.8 Å². The molecule has 3 N–H and O–H groups in total. The third-order valence-electron chi connectivity index (χ3n) is 12.9. The highest BCUT2D eigenvalue weighted by molar-refractivity contribution is 5.85. The van der Waals surface area contributed by atoms with Crippen molar-refractivity contribution in [2.75, 3.05) is 39.6 Å². The number of ketones is 2. The Labute approximate surface area is 281 Å². The minimum Gasteiger partial charge on any atom is -0.481 e. The second-order valence-electron chi connectivity index (χ2n) is 15.6. The zero-order valence-corrected chi connectivity index (χ0v) is 29.3. The van der Waals surface area contributed by atoms with Crippen LogP contribution in [0.5, 0.6) is 0 Å². The summed E-state index contributed by atoms with van der Waals surface area (Å²) in [5, 5.41) is 23.7. The molecule has 4 aliphatic rings. The van der Waals surface area contributed by atoms with E-state index in [1.54, 1.807) is 6.92 Å². The predicted octanol–water partition coefficient (Wildman–Crippen LogP) is 4.98. The van der Waals surface area contributed by atoms with Crippen molar-refractivity contribution in [3.63, 3.8) is 0 Å². The molecule has 0 aromatic heterocycles. The number of carboxylic acid groups (broad SMARTS) is 1. The third-order valence-corrected chi connectivity index (χ3v) is 12.9. The van der Waals surface area contributed by atoms with E-state index in [-0.39, 0.29) is 73.0 Å². The molecule has 0 aliphatic heterocycles. The number of Topliss-reactive ketones (excluding diaryl/α,β-unsaturated/α-hetero) is 2. The number of carbonyl (C=O) groups is 4. The molecular formula is C37H61NO9. The molecule has 0 bridgehead atoms. The number of nitrogens with one attached hydrogen (secondary N) is 1. The Kier molecular flexibility index (Phi) is 13.9. The number of rotatable bonds is 19. The first kappa shape index (κ1) is 37.9. The Bertz CT molecular complexity index is 1080. The standard InChI is InChI=1S/C37H61NO9/c1-5-26(39)22-46-19-18-45-17-16-38-33(42)10-7-27(40)23-47-28-12-14-36(3)25(20-28)21-32(41)35-30-9-8-29(24(2)6-11-34(43)44)37(30,4)15-13-31(35)36/h24-25,28-32,35,41H,5-23H2,1-4H3,(H,38,42)(H,43,44)/t24-,25+,28+,29-,30?,31+,32+,35+,36+,37-/m1/s1. The molecule has 0 aromatic carbocycles. The van der Waals surface area contributed by atoms with E-state index in [4.69, 9.17) is 14.2 Å². The van der Waals surface area contributed by atoms with Crippen molar-refractivity contribution in [3.8, 4) is 0 Å². The first-order valence-electron chi connectivity index (χ1n) is 18.4. The molecule has 4 aliphatic carbocycles. The van der Waals surface area contributed by atoms with Crippen molar-refractivity contribution in [1.29, 1.82) is 0 Å². The summed E-state index contributed by atoms with van der Waals surface area (Å²) in [4.78, 5) is 47.2. The average Bonchev–Trinajstić information content (AvgIpc) is 3.40. The van der Waals surface area contributed by atoms with Crippen LogP contribution < -0.4 is 5.32 Å². The fourth-order valence-electron chi connectivity index (χ4n) is 10.3. The number of ether oxygens (including phenoxy) is 3. The highest BCUT2D eigenvalue weighted by Gasteiger charge is 2.63. The predicted molar refractivity (Wildman–Crippen MR) is 177 cm³/mol. The molecule has 47 heavy (non-hydrogen) atoms. The van der Waals surface area contributed by atoms with Gasteiger partial charge in [-0.15, -0.1) is 0 Å². The van der Waals surface area contributed by atoms with Crippen LogP contribution in [0.25, 0.3) is 0 Å². The number of amides is 1. The summed E-state index contributed by atoms with van der Waals surface area (Å²) in [6, 6.07) is 0. The molecule has 10 heteroatoms. The lowest BCUT2D eigenvalue weighted by Gasteiger charge is -2.62. The molecule has 4 rings (SSSR count). The normalized spacial score (nSPS) is 35.3. The summed E-state index contributed by atoms with van der Waals surface area (Å²) < 4.78 is 16.7. The minimum absolute atomic E-state index is 0.00405. The SMILES string of the molecule is CCC(=O)COCCOCCNC(=O)CCC(=O)CO[C@H]1CC[C@@]2(C)[C@@H](C1)C[C@H](O)[C@H]1C3CC[C@H]([C@H](C)CCC(=O)O)[C@@]3(C)CC[C@@H]12. The van der Waals surface area contributed by atoms with E-state index >= 15 is 0 Å². The maximum absolute atomic E-state index is 12.6. The minimum atomic E-state index is -0.714. The van der Waals surface area contributed by atoms with Crippen LogP contribution in [0.1, 0.15) is 111 Å². The molecule has 1 amide bonds. The van der Waals surface area contributed by atoms with Crippen LogP contribution in [0.3, 0.4) is 0 Å². The van der Waals surface area contributed by atoms with Gasteiger partial charge in [-0.05, 0) is 104 Å². The van der Waals surface area contributed by atoms with Crippen molar-refractivity contribution >= 4 is 23.4 Å². The van der Waals surface area contributed by atoms with Crippen molar-refractivity contribution in [1.82, 2.24) is 5.32 Å². The van der Waals surface area contributed by atoms with Gasteiger partial charge in [0.05, 0.1) is 32.0 Å². The van der Waals surface area contributed by atoms with Crippen LogP contribution in [0.4, 0.5) is 0 Å². The second-order valence-corrected chi connectivity index (χ2v) is 15.6. The molecule has 0 radical (unpaired) electrons. The number of hydrogen-bond donors (Lipinski definition) is 3. The van der Waals surface area contributed by atoms with Crippen molar-refractivity contribution in [3.05, 3.63) is 0 Å². The molecule has 10 nitrogen and oxygen atoms in total. The Balaban J connectivity index is 1.16. The molecular weight excluding hydrogens is 602 g/mol.